The van der Waals surface area contributed by atoms with Crippen molar-refractivity contribution in [1.82, 2.24) is 9.62 Å². The third-order valence-corrected chi connectivity index (χ3v) is 7.42. The van der Waals surface area contributed by atoms with Gasteiger partial charge in [-0.15, -0.1) is 0 Å². The molecule has 0 radical (unpaired) electrons. The average Bonchev–Trinajstić information content (AvgIpc) is 3.42. The minimum absolute atomic E-state index is 0.113. The first-order valence-electron chi connectivity index (χ1n) is 10.3. The third kappa shape index (κ3) is 4.27. The lowest BCUT2D eigenvalue weighted by Crippen LogP contribution is -2.28. The zero-order valence-corrected chi connectivity index (χ0v) is 17.9. The normalized spacial score (nSPS) is 16.2. The molecule has 1 N–H and O–H groups in total. The largest absolute Gasteiger partial charge is 0.494 e. The van der Waals surface area contributed by atoms with Gasteiger partial charge in [0.05, 0.1) is 11.5 Å². The summed E-state index contributed by atoms with van der Waals surface area (Å²) in [5.41, 5.74) is 3.70. The van der Waals surface area contributed by atoms with Crippen LogP contribution in [0.5, 0.6) is 5.75 Å². The first-order chi connectivity index (χ1) is 14.5. The molecule has 2 aliphatic rings. The van der Waals surface area contributed by atoms with Gasteiger partial charge in [-0.3, -0.25) is 4.79 Å². The van der Waals surface area contributed by atoms with E-state index in [4.69, 9.17) is 4.74 Å². The second-order valence-corrected chi connectivity index (χ2v) is 9.52. The fraction of sp³-hybridized carbons (Fsp3) is 0.348. The molecule has 0 aromatic heterocycles. The summed E-state index contributed by atoms with van der Waals surface area (Å²) in [6.07, 6.45) is 4.31. The number of benzene rings is 2. The molecule has 0 bridgehead atoms. The number of ether oxygens (including phenoxy) is 1. The molecule has 1 aliphatic heterocycles. The maximum absolute atomic E-state index is 12.6. The van der Waals surface area contributed by atoms with Crippen LogP contribution in [0.4, 0.5) is 0 Å². The fourth-order valence-electron chi connectivity index (χ4n) is 3.87. The van der Waals surface area contributed by atoms with Crippen LogP contribution in [-0.2, 0) is 27.8 Å². The highest BCUT2D eigenvalue weighted by Gasteiger charge is 2.27. The van der Waals surface area contributed by atoms with E-state index in [1.54, 1.807) is 24.3 Å². The molecule has 2 aromatic carbocycles. The van der Waals surface area contributed by atoms with Crippen molar-refractivity contribution in [1.29, 1.82) is 0 Å². The van der Waals surface area contributed by atoms with Crippen molar-refractivity contribution in [3.8, 4) is 5.75 Å². The first-order valence-corrected chi connectivity index (χ1v) is 11.7. The predicted octanol–water partition coefficient (Wildman–Crippen LogP) is 3.13. The minimum Gasteiger partial charge on any atom is -0.494 e. The van der Waals surface area contributed by atoms with Crippen LogP contribution in [0.3, 0.4) is 0 Å². The lowest BCUT2D eigenvalue weighted by Gasteiger charge is -2.15. The molecule has 4 rings (SSSR count). The van der Waals surface area contributed by atoms with E-state index in [0.717, 1.165) is 35.3 Å². The molecule has 1 amide bonds. The van der Waals surface area contributed by atoms with Gasteiger partial charge >= 0.3 is 0 Å². The van der Waals surface area contributed by atoms with E-state index in [9.17, 15) is 13.2 Å². The van der Waals surface area contributed by atoms with Gasteiger partial charge in [-0.2, -0.15) is 4.31 Å². The molecular formula is C23H26N2O4S. The highest BCUT2D eigenvalue weighted by atomic mass is 32.2. The maximum Gasteiger partial charge on any atom is 0.247 e. The smallest absolute Gasteiger partial charge is 0.247 e. The highest BCUT2D eigenvalue weighted by molar-refractivity contribution is 7.89. The number of rotatable bonds is 7. The summed E-state index contributed by atoms with van der Waals surface area (Å²) in [5, 5.41) is 2.93. The maximum atomic E-state index is 12.6. The summed E-state index contributed by atoms with van der Waals surface area (Å²) in [6, 6.07) is 12.6. The number of fused-ring (bicyclic) bond motifs is 1. The summed E-state index contributed by atoms with van der Waals surface area (Å²) in [6.45, 7) is 4.07. The zero-order chi connectivity index (χ0) is 21.1. The van der Waals surface area contributed by atoms with Gasteiger partial charge in [-0.05, 0) is 66.8 Å². The van der Waals surface area contributed by atoms with Gasteiger partial charge in [0, 0.05) is 31.6 Å². The molecule has 0 spiro atoms. The molecule has 6 nitrogen and oxygen atoms in total. The van der Waals surface area contributed by atoms with Crippen LogP contribution in [0.2, 0.25) is 0 Å². The van der Waals surface area contributed by atoms with Gasteiger partial charge in [0.1, 0.15) is 5.75 Å². The Morgan fingerprint density at radius 2 is 1.83 bits per heavy atom. The van der Waals surface area contributed by atoms with Crippen molar-refractivity contribution in [3.63, 3.8) is 0 Å². The van der Waals surface area contributed by atoms with Gasteiger partial charge < -0.3 is 10.1 Å². The number of amides is 1. The number of nitrogens with one attached hydrogen (secondary N) is 1. The Kier molecular flexibility index (Phi) is 5.92. The molecule has 1 heterocycles. The van der Waals surface area contributed by atoms with Gasteiger partial charge in [0.15, 0.2) is 0 Å². The molecule has 1 fully saturated rings. The van der Waals surface area contributed by atoms with Gasteiger partial charge in [0.25, 0.3) is 0 Å². The first kappa shape index (κ1) is 20.6. The van der Waals surface area contributed by atoms with Crippen molar-refractivity contribution in [2.45, 2.75) is 37.6 Å². The van der Waals surface area contributed by atoms with Gasteiger partial charge in [-0.25, -0.2) is 8.42 Å². The van der Waals surface area contributed by atoms with E-state index in [2.05, 4.69) is 5.32 Å². The third-order valence-electron chi connectivity index (χ3n) is 5.51. The van der Waals surface area contributed by atoms with Crippen molar-refractivity contribution >= 4 is 22.0 Å². The van der Waals surface area contributed by atoms with Gasteiger partial charge in [0.2, 0.25) is 15.9 Å². The molecule has 2 aromatic rings. The number of sulfonamides is 1. The lowest BCUT2D eigenvalue weighted by atomic mass is 10.1. The van der Waals surface area contributed by atoms with Crippen LogP contribution in [0.25, 0.3) is 6.08 Å². The Balaban J connectivity index is 1.35. The highest BCUT2D eigenvalue weighted by Crippen LogP contribution is 2.28. The number of carbonyl (C=O) groups is 1. The number of carbonyl (C=O) groups excluding carboxylic acids is 1. The van der Waals surface area contributed by atoms with Crippen LogP contribution in [0, 0.1) is 0 Å². The van der Waals surface area contributed by atoms with E-state index < -0.39 is 10.0 Å². The summed E-state index contributed by atoms with van der Waals surface area (Å²) in [4.78, 5) is 12.9. The minimum atomic E-state index is -3.41. The topological polar surface area (TPSA) is 75.7 Å². The van der Waals surface area contributed by atoms with E-state index in [-0.39, 0.29) is 5.91 Å². The zero-order valence-electron chi connectivity index (χ0n) is 17.1. The predicted molar refractivity (Wildman–Crippen MR) is 116 cm³/mol. The molecule has 0 atom stereocenters. The van der Waals surface area contributed by atoms with Crippen molar-refractivity contribution < 1.29 is 17.9 Å². The van der Waals surface area contributed by atoms with Crippen molar-refractivity contribution in [2.75, 3.05) is 19.7 Å². The van der Waals surface area contributed by atoms with E-state index in [0.29, 0.717) is 43.1 Å². The van der Waals surface area contributed by atoms with Crippen LogP contribution < -0.4 is 10.1 Å². The van der Waals surface area contributed by atoms with E-state index in [1.807, 2.05) is 31.2 Å². The van der Waals surface area contributed by atoms with Crippen LogP contribution in [0.1, 0.15) is 36.5 Å². The van der Waals surface area contributed by atoms with Crippen LogP contribution >= 0.6 is 0 Å². The Hall–Kier alpha value is -2.64. The van der Waals surface area contributed by atoms with Gasteiger partial charge in [-0.1, -0.05) is 18.2 Å². The Bertz CT molecular complexity index is 1070. The summed E-state index contributed by atoms with van der Waals surface area (Å²) < 4.78 is 32.3. The Morgan fingerprint density at radius 1 is 1.10 bits per heavy atom. The number of hydrogen-bond acceptors (Lipinski definition) is 4. The lowest BCUT2D eigenvalue weighted by molar-refractivity contribution is -0.117. The molecule has 0 unspecified atom stereocenters. The SMILES string of the molecule is CCOc1ccc2c(c1)CC(C(=O)NCc1ccc(S(=O)(=O)N3CCCC3)cc1)=C2. The number of hydrogen-bond donors (Lipinski definition) is 1. The molecule has 158 valence electrons. The van der Waals surface area contributed by atoms with Crippen molar-refractivity contribution in [2.24, 2.45) is 0 Å². The monoisotopic (exact) mass is 426 g/mol. The van der Waals surface area contributed by atoms with Crippen LogP contribution in [0.15, 0.2) is 52.9 Å². The summed E-state index contributed by atoms with van der Waals surface area (Å²) in [5.74, 6) is 0.702. The second-order valence-electron chi connectivity index (χ2n) is 7.58. The fourth-order valence-corrected chi connectivity index (χ4v) is 5.39. The Labute approximate surface area is 177 Å². The van der Waals surface area contributed by atoms with Crippen molar-refractivity contribution in [3.05, 3.63) is 64.7 Å². The molecule has 1 saturated heterocycles. The second kappa shape index (κ2) is 8.62. The summed E-state index contributed by atoms with van der Waals surface area (Å²) in [7, 11) is -3.41. The molecule has 30 heavy (non-hydrogen) atoms. The number of nitrogens with zero attached hydrogens (tertiary/aromatic N) is 1. The molecule has 7 heteroatoms. The standard InChI is InChI=1S/C23H26N2O4S/c1-2-29-21-8-7-18-13-20(14-19(18)15-21)23(26)24-16-17-5-9-22(10-6-17)30(27,28)25-11-3-4-12-25/h5-10,13,15H,2-4,11-12,14,16H2,1H3,(H,24,26). The quantitative estimate of drug-likeness (QED) is 0.738. The summed E-state index contributed by atoms with van der Waals surface area (Å²) >= 11 is 0. The molecule has 1 aliphatic carbocycles. The van der Waals surface area contributed by atoms with E-state index in [1.165, 1.54) is 4.31 Å². The van der Waals surface area contributed by atoms with E-state index >= 15 is 0 Å². The molecule has 0 saturated carbocycles. The van der Waals surface area contributed by atoms with Crippen LogP contribution in [-0.4, -0.2) is 38.3 Å². The Morgan fingerprint density at radius 3 is 2.53 bits per heavy atom. The average molecular weight is 427 g/mol. The molecular weight excluding hydrogens is 400 g/mol.